The van der Waals surface area contributed by atoms with Crippen molar-refractivity contribution in [3.63, 3.8) is 0 Å². The summed E-state index contributed by atoms with van der Waals surface area (Å²) in [6.07, 6.45) is 2.17. The first-order chi connectivity index (χ1) is 14.9. The molecule has 31 heavy (non-hydrogen) atoms. The molecule has 2 aliphatic heterocycles. The first-order valence-corrected chi connectivity index (χ1v) is 10.7. The Balaban J connectivity index is 1.18. The second-order valence-electron chi connectivity index (χ2n) is 8.95. The highest BCUT2D eigenvalue weighted by atomic mass is 19.1. The van der Waals surface area contributed by atoms with Crippen molar-refractivity contribution < 1.29 is 23.8 Å². The number of anilines is 1. The number of fused-ring (bicyclic) bond motifs is 2. The molecule has 2 heterocycles. The number of Topliss-reactive ketones (excluding diaryl/α,β-unsaturated/α-hetero) is 1. The van der Waals surface area contributed by atoms with Gasteiger partial charge in [0.05, 0.1) is 12.1 Å². The summed E-state index contributed by atoms with van der Waals surface area (Å²) in [6.45, 7) is 1.34. The number of β-amino-alcohol motifs (C(OH)–C–C–N with tert-alkyl or cyclic N) is 1. The summed E-state index contributed by atoms with van der Waals surface area (Å²) in [5, 5.41) is 14.0. The Bertz CT molecular complexity index is 1020. The maximum absolute atomic E-state index is 13.1. The molecule has 2 aromatic rings. The van der Waals surface area contributed by atoms with Crippen LogP contribution in [-0.2, 0) is 11.2 Å². The van der Waals surface area contributed by atoms with E-state index in [0.29, 0.717) is 50.1 Å². The normalized spacial score (nSPS) is 27.5. The third-order valence-corrected chi connectivity index (χ3v) is 6.67. The number of hydrogen-bond donors (Lipinski definition) is 2. The van der Waals surface area contributed by atoms with Gasteiger partial charge in [0.1, 0.15) is 17.7 Å². The number of aliphatic hydroxyl groups is 1. The molecular weight excluding hydrogens is 399 g/mol. The van der Waals surface area contributed by atoms with Gasteiger partial charge in [-0.2, -0.15) is 0 Å². The Kier molecular flexibility index (Phi) is 5.02. The Morgan fingerprint density at radius 3 is 2.81 bits per heavy atom. The number of ketones is 1. The number of carbonyl (C=O) groups excluding carboxylic acids is 2. The third-order valence-electron chi connectivity index (χ3n) is 6.67. The molecule has 0 unspecified atom stereocenters. The Morgan fingerprint density at radius 2 is 2.03 bits per heavy atom. The Morgan fingerprint density at radius 1 is 1.23 bits per heavy atom. The first kappa shape index (κ1) is 20.2. The SMILES string of the molecule is O=C1CCc2cc(C(=O)CN3C[C@@H]4C[C@@H](Oc5ccc(F)cc5)C[C@]4(O)C3)ccc2N1. The van der Waals surface area contributed by atoms with Crippen LogP contribution < -0.4 is 10.1 Å². The lowest BCUT2D eigenvalue weighted by atomic mass is 9.95. The minimum atomic E-state index is -0.870. The molecule has 1 saturated carbocycles. The Hall–Kier alpha value is -2.77. The zero-order valence-electron chi connectivity index (χ0n) is 17.1. The van der Waals surface area contributed by atoms with E-state index < -0.39 is 5.60 Å². The number of nitrogens with one attached hydrogen (secondary N) is 1. The van der Waals surface area contributed by atoms with E-state index in [9.17, 15) is 19.1 Å². The van der Waals surface area contributed by atoms with Crippen LogP contribution >= 0.6 is 0 Å². The maximum Gasteiger partial charge on any atom is 0.224 e. The minimum Gasteiger partial charge on any atom is -0.490 e. The van der Waals surface area contributed by atoms with Gasteiger partial charge in [-0.1, -0.05) is 0 Å². The molecule has 1 saturated heterocycles. The highest BCUT2D eigenvalue weighted by Gasteiger charge is 2.52. The smallest absolute Gasteiger partial charge is 0.224 e. The van der Waals surface area contributed by atoms with Crippen LogP contribution in [0.3, 0.4) is 0 Å². The summed E-state index contributed by atoms with van der Waals surface area (Å²) < 4.78 is 19.0. The largest absolute Gasteiger partial charge is 0.490 e. The van der Waals surface area contributed by atoms with Crippen molar-refractivity contribution in [2.24, 2.45) is 5.92 Å². The van der Waals surface area contributed by atoms with E-state index in [4.69, 9.17) is 4.74 Å². The average Bonchev–Trinajstić information content (AvgIpc) is 3.19. The molecule has 6 nitrogen and oxygen atoms in total. The van der Waals surface area contributed by atoms with Gasteiger partial charge in [0.2, 0.25) is 5.91 Å². The highest BCUT2D eigenvalue weighted by Crippen LogP contribution is 2.43. The zero-order valence-corrected chi connectivity index (χ0v) is 17.1. The van der Waals surface area contributed by atoms with Crippen LogP contribution in [0.1, 0.15) is 35.2 Å². The van der Waals surface area contributed by atoms with Gasteiger partial charge in [0.15, 0.2) is 5.78 Å². The van der Waals surface area contributed by atoms with E-state index in [1.54, 1.807) is 24.3 Å². The van der Waals surface area contributed by atoms with Crippen LogP contribution in [0.4, 0.5) is 10.1 Å². The fraction of sp³-hybridized carbons (Fsp3) is 0.417. The standard InChI is InChI=1S/C24H25FN2O4/c25-18-3-5-19(6-4-18)31-20-10-17-12-27(14-24(17,30)11-20)13-22(28)16-1-7-21-15(9-16)2-8-23(29)26-21/h1,3-7,9,17,20,30H,2,8,10-14H2,(H,26,29)/t17-,20+,24-/m0/s1. The van der Waals surface area contributed by atoms with E-state index >= 15 is 0 Å². The Labute approximate surface area is 180 Å². The van der Waals surface area contributed by atoms with E-state index in [2.05, 4.69) is 5.32 Å². The summed E-state index contributed by atoms with van der Waals surface area (Å²) in [6, 6.07) is 11.3. The molecule has 2 fully saturated rings. The second-order valence-corrected chi connectivity index (χ2v) is 8.95. The molecule has 2 aromatic carbocycles. The number of ether oxygens (including phenoxy) is 1. The summed E-state index contributed by atoms with van der Waals surface area (Å²) in [4.78, 5) is 26.4. The number of nitrogens with zero attached hydrogens (tertiary/aromatic N) is 1. The van der Waals surface area contributed by atoms with Crippen molar-refractivity contribution in [1.82, 2.24) is 4.90 Å². The van der Waals surface area contributed by atoms with Crippen molar-refractivity contribution in [1.29, 1.82) is 0 Å². The summed E-state index contributed by atoms with van der Waals surface area (Å²) >= 11 is 0. The molecule has 3 atom stereocenters. The summed E-state index contributed by atoms with van der Waals surface area (Å²) in [5.74, 6) is 0.362. The van der Waals surface area contributed by atoms with Gasteiger partial charge < -0.3 is 15.2 Å². The van der Waals surface area contributed by atoms with E-state index in [1.807, 2.05) is 11.0 Å². The molecule has 3 aliphatic rings. The molecule has 0 radical (unpaired) electrons. The van der Waals surface area contributed by atoms with Crippen molar-refractivity contribution in [2.75, 3.05) is 25.0 Å². The van der Waals surface area contributed by atoms with Gasteiger partial charge in [-0.3, -0.25) is 14.5 Å². The van der Waals surface area contributed by atoms with Crippen molar-refractivity contribution in [3.8, 4) is 5.75 Å². The van der Waals surface area contributed by atoms with Crippen molar-refractivity contribution >= 4 is 17.4 Å². The molecule has 162 valence electrons. The maximum atomic E-state index is 13.1. The zero-order chi connectivity index (χ0) is 21.6. The average molecular weight is 424 g/mol. The number of halogens is 1. The van der Waals surface area contributed by atoms with Gasteiger partial charge >= 0.3 is 0 Å². The summed E-state index contributed by atoms with van der Waals surface area (Å²) in [5.41, 5.74) is 1.54. The highest BCUT2D eigenvalue weighted by molar-refractivity contribution is 6.00. The van der Waals surface area contributed by atoms with E-state index in [-0.39, 0.29) is 36.1 Å². The summed E-state index contributed by atoms with van der Waals surface area (Å²) in [7, 11) is 0. The van der Waals surface area contributed by atoms with Gasteiger partial charge in [-0.15, -0.1) is 0 Å². The number of benzene rings is 2. The number of rotatable bonds is 5. The third kappa shape index (κ3) is 4.07. The molecule has 7 heteroatoms. The molecule has 1 amide bonds. The molecule has 2 N–H and O–H groups in total. The van der Waals surface area contributed by atoms with Gasteiger partial charge in [0.25, 0.3) is 0 Å². The molecule has 5 rings (SSSR count). The minimum absolute atomic E-state index is 0.00476. The second kappa shape index (κ2) is 7.73. The van der Waals surface area contributed by atoms with Crippen LogP contribution in [0.25, 0.3) is 0 Å². The van der Waals surface area contributed by atoms with E-state index in [1.165, 1.54) is 12.1 Å². The van der Waals surface area contributed by atoms with Crippen molar-refractivity contribution in [2.45, 2.75) is 37.4 Å². The van der Waals surface area contributed by atoms with Gasteiger partial charge in [-0.05, 0) is 60.9 Å². The molecule has 0 aromatic heterocycles. The molecule has 0 spiro atoms. The van der Waals surface area contributed by atoms with E-state index in [0.717, 1.165) is 11.3 Å². The number of carbonyl (C=O) groups is 2. The predicted octanol–water partition coefficient (Wildman–Crippen LogP) is 2.80. The number of hydrogen-bond acceptors (Lipinski definition) is 5. The molecular formula is C24H25FN2O4. The monoisotopic (exact) mass is 424 g/mol. The fourth-order valence-electron chi connectivity index (χ4n) is 5.15. The fourth-order valence-corrected chi connectivity index (χ4v) is 5.15. The van der Waals surface area contributed by atoms with Crippen LogP contribution in [-0.4, -0.2) is 53.0 Å². The topological polar surface area (TPSA) is 78.9 Å². The van der Waals surface area contributed by atoms with Gasteiger partial charge in [0, 0.05) is 43.1 Å². The van der Waals surface area contributed by atoms with Gasteiger partial charge in [-0.25, -0.2) is 4.39 Å². The van der Waals surface area contributed by atoms with Crippen LogP contribution in [0, 0.1) is 11.7 Å². The lowest BCUT2D eigenvalue weighted by Crippen LogP contribution is -2.37. The number of aryl methyl sites for hydroxylation is 1. The first-order valence-electron chi connectivity index (χ1n) is 10.7. The number of likely N-dealkylation sites (tertiary alicyclic amines) is 1. The lowest BCUT2D eigenvalue weighted by molar-refractivity contribution is -0.116. The quantitative estimate of drug-likeness (QED) is 0.722. The molecule has 0 bridgehead atoms. The molecule has 1 aliphatic carbocycles. The van der Waals surface area contributed by atoms with Crippen molar-refractivity contribution in [3.05, 3.63) is 59.4 Å². The number of amides is 1. The van der Waals surface area contributed by atoms with Crippen LogP contribution in [0.5, 0.6) is 5.75 Å². The predicted molar refractivity (Wildman–Crippen MR) is 113 cm³/mol. The lowest BCUT2D eigenvalue weighted by Gasteiger charge is -2.23. The van der Waals surface area contributed by atoms with Crippen LogP contribution in [0.15, 0.2) is 42.5 Å². The van der Waals surface area contributed by atoms with Crippen LogP contribution in [0.2, 0.25) is 0 Å².